The third kappa shape index (κ3) is 6.26. The summed E-state index contributed by atoms with van der Waals surface area (Å²) in [4.78, 5) is 58.6. The van der Waals surface area contributed by atoms with Crippen LogP contribution < -0.4 is 17.1 Å². The molecule has 0 fully saturated rings. The summed E-state index contributed by atoms with van der Waals surface area (Å²) < 4.78 is 0. The summed E-state index contributed by atoms with van der Waals surface area (Å²) in [5.74, 6) is 4.45. The standard InChI is InChI=1S/C24H31ClN6O4/c1-3-4-5-16-12-30(20(33)11-10-19(22(26)34)31(27)14(2)32)13-18-21(16)28-23(29-24(18)35)15-6-8-17(25)9-7-15/h6-9,16,19H,3-5,10-13,27H2,1-2H3,(H2,26,34)(H,28,29,35)/t16?,19-/m0/s1. The van der Waals surface area contributed by atoms with Crippen molar-refractivity contribution in [3.8, 4) is 11.4 Å². The number of nitrogens with zero attached hydrogens (tertiary/aromatic N) is 3. The highest BCUT2D eigenvalue weighted by Crippen LogP contribution is 2.31. The number of nitrogens with two attached hydrogens (primary N) is 2. The van der Waals surface area contributed by atoms with E-state index in [1.807, 2.05) is 0 Å². The average Bonchev–Trinajstić information content (AvgIpc) is 2.82. The Labute approximate surface area is 208 Å². The summed E-state index contributed by atoms with van der Waals surface area (Å²) in [6.07, 6.45) is 2.61. The Kier molecular flexibility index (Phi) is 8.63. The average molecular weight is 503 g/mol. The fourth-order valence-corrected chi connectivity index (χ4v) is 4.41. The zero-order valence-electron chi connectivity index (χ0n) is 19.9. The molecule has 1 aromatic heterocycles. The molecule has 10 nitrogen and oxygen atoms in total. The van der Waals surface area contributed by atoms with Gasteiger partial charge in [-0.05, 0) is 37.1 Å². The van der Waals surface area contributed by atoms with E-state index < -0.39 is 17.9 Å². The van der Waals surface area contributed by atoms with Crippen molar-refractivity contribution in [2.75, 3.05) is 6.54 Å². The molecule has 2 heterocycles. The van der Waals surface area contributed by atoms with Gasteiger partial charge < -0.3 is 15.6 Å². The summed E-state index contributed by atoms with van der Waals surface area (Å²) in [6.45, 7) is 3.81. The highest BCUT2D eigenvalue weighted by molar-refractivity contribution is 6.30. The Morgan fingerprint density at radius 3 is 2.57 bits per heavy atom. The molecule has 11 heteroatoms. The van der Waals surface area contributed by atoms with Crippen LogP contribution in [0.4, 0.5) is 0 Å². The summed E-state index contributed by atoms with van der Waals surface area (Å²) in [6, 6.07) is 5.97. The molecule has 0 bridgehead atoms. The van der Waals surface area contributed by atoms with Crippen molar-refractivity contribution in [2.45, 2.75) is 64.5 Å². The van der Waals surface area contributed by atoms with E-state index in [1.165, 1.54) is 6.92 Å². The Morgan fingerprint density at radius 1 is 1.29 bits per heavy atom. The molecule has 0 aliphatic carbocycles. The van der Waals surface area contributed by atoms with Gasteiger partial charge in [-0.15, -0.1) is 0 Å². The topological polar surface area (TPSA) is 155 Å². The maximum absolute atomic E-state index is 13.1. The molecule has 3 rings (SSSR count). The van der Waals surface area contributed by atoms with Crippen LogP contribution in [-0.2, 0) is 20.9 Å². The van der Waals surface area contributed by atoms with Gasteiger partial charge in [-0.1, -0.05) is 31.4 Å². The number of fused-ring (bicyclic) bond motifs is 1. The molecule has 1 aliphatic rings. The van der Waals surface area contributed by atoms with E-state index in [1.54, 1.807) is 29.2 Å². The van der Waals surface area contributed by atoms with Crippen molar-refractivity contribution >= 4 is 29.3 Å². The smallest absolute Gasteiger partial charge is 0.256 e. The summed E-state index contributed by atoms with van der Waals surface area (Å²) in [5, 5.41) is 1.33. The van der Waals surface area contributed by atoms with Gasteiger partial charge in [0.05, 0.1) is 17.8 Å². The third-order valence-electron chi connectivity index (χ3n) is 6.26. The van der Waals surface area contributed by atoms with Gasteiger partial charge in [-0.2, -0.15) is 0 Å². The Hall–Kier alpha value is -3.24. The molecule has 1 aromatic carbocycles. The van der Waals surface area contributed by atoms with Crippen LogP contribution in [0.5, 0.6) is 0 Å². The second-order valence-corrected chi connectivity index (χ2v) is 9.22. The molecule has 0 saturated heterocycles. The first-order chi connectivity index (χ1) is 16.6. The minimum Gasteiger partial charge on any atom is -0.368 e. The number of unbranched alkanes of at least 4 members (excludes halogenated alkanes) is 1. The van der Waals surface area contributed by atoms with Crippen LogP contribution in [0.1, 0.15) is 63.1 Å². The number of aromatic nitrogens is 2. The van der Waals surface area contributed by atoms with Gasteiger partial charge in [0, 0.05) is 36.4 Å². The quantitative estimate of drug-likeness (QED) is 0.271. The number of halogens is 1. The molecule has 1 aliphatic heterocycles. The summed E-state index contributed by atoms with van der Waals surface area (Å²) >= 11 is 5.99. The van der Waals surface area contributed by atoms with Gasteiger partial charge in [0.1, 0.15) is 11.9 Å². The fraction of sp³-hybridized carbons (Fsp3) is 0.458. The molecular formula is C24H31ClN6O4. The zero-order chi connectivity index (χ0) is 25.7. The zero-order valence-corrected chi connectivity index (χ0v) is 20.7. The van der Waals surface area contributed by atoms with E-state index >= 15 is 0 Å². The van der Waals surface area contributed by atoms with Crippen LogP contribution in [0.15, 0.2) is 29.1 Å². The molecule has 3 amide bonds. The first kappa shape index (κ1) is 26.4. The Bertz CT molecular complexity index is 1150. The second kappa shape index (κ2) is 11.5. The predicted octanol–water partition coefficient (Wildman–Crippen LogP) is 2.06. The van der Waals surface area contributed by atoms with Crippen molar-refractivity contribution in [1.82, 2.24) is 19.9 Å². The number of H-pyrrole nitrogens is 1. The Morgan fingerprint density at radius 2 is 1.97 bits per heavy atom. The number of carbonyl (C=O) groups excluding carboxylic acids is 3. The lowest BCUT2D eigenvalue weighted by Crippen LogP contribution is -2.51. The van der Waals surface area contributed by atoms with Crippen molar-refractivity contribution < 1.29 is 14.4 Å². The number of primary amides is 1. The van der Waals surface area contributed by atoms with Crippen LogP contribution in [0.2, 0.25) is 5.02 Å². The van der Waals surface area contributed by atoms with E-state index in [4.69, 9.17) is 28.2 Å². The van der Waals surface area contributed by atoms with Gasteiger partial charge in [-0.25, -0.2) is 10.8 Å². The van der Waals surface area contributed by atoms with E-state index in [0.29, 0.717) is 28.6 Å². The van der Waals surface area contributed by atoms with Crippen molar-refractivity contribution in [1.29, 1.82) is 0 Å². The molecule has 2 atom stereocenters. The number of carbonyl (C=O) groups is 3. The lowest BCUT2D eigenvalue weighted by Gasteiger charge is -2.34. The SMILES string of the molecule is CCCCC1CN(C(=O)CC[C@@H](C(N)=O)N(N)C(C)=O)Cc2c1nc(-c1ccc(Cl)cc1)[nH]c2=O. The van der Waals surface area contributed by atoms with Crippen LogP contribution in [-0.4, -0.2) is 50.2 Å². The number of benzene rings is 1. The number of hydrazine groups is 1. The molecular weight excluding hydrogens is 472 g/mol. The minimum absolute atomic E-state index is 0.00264. The van der Waals surface area contributed by atoms with Gasteiger partial charge in [0.25, 0.3) is 5.56 Å². The number of rotatable bonds is 9. The van der Waals surface area contributed by atoms with Gasteiger partial charge >= 0.3 is 0 Å². The second-order valence-electron chi connectivity index (χ2n) is 8.78. The fourth-order valence-electron chi connectivity index (χ4n) is 4.28. The number of hydrogen-bond donors (Lipinski definition) is 3. The monoisotopic (exact) mass is 502 g/mol. The van der Waals surface area contributed by atoms with Gasteiger partial charge in [0.15, 0.2) is 0 Å². The molecule has 1 unspecified atom stereocenters. The normalized spacial score (nSPS) is 15.9. The number of hydrogen-bond acceptors (Lipinski definition) is 6. The molecule has 5 N–H and O–H groups in total. The van der Waals surface area contributed by atoms with Crippen molar-refractivity contribution in [3.05, 3.63) is 50.9 Å². The highest BCUT2D eigenvalue weighted by Gasteiger charge is 2.32. The van der Waals surface area contributed by atoms with E-state index in [-0.39, 0.29) is 36.8 Å². The number of aromatic amines is 1. The number of nitrogens with one attached hydrogen (secondary N) is 1. The summed E-state index contributed by atoms with van der Waals surface area (Å²) in [7, 11) is 0. The van der Waals surface area contributed by atoms with E-state index in [2.05, 4.69) is 11.9 Å². The maximum atomic E-state index is 13.1. The third-order valence-corrected chi connectivity index (χ3v) is 6.51. The maximum Gasteiger partial charge on any atom is 0.256 e. The lowest BCUT2D eigenvalue weighted by atomic mass is 9.90. The molecule has 0 radical (unpaired) electrons. The highest BCUT2D eigenvalue weighted by atomic mass is 35.5. The van der Waals surface area contributed by atoms with Gasteiger partial charge in [-0.3, -0.25) is 24.2 Å². The van der Waals surface area contributed by atoms with Crippen LogP contribution >= 0.6 is 11.6 Å². The van der Waals surface area contributed by atoms with Crippen molar-refractivity contribution in [2.24, 2.45) is 11.6 Å². The summed E-state index contributed by atoms with van der Waals surface area (Å²) in [5.41, 5.74) is 6.99. The van der Waals surface area contributed by atoms with Crippen LogP contribution in [0, 0.1) is 0 Å². The Balaban J connectivity index is 1.85. The first-order valence-electron chi connectivity index (χ1n) is 11.6. The van der Waals surface area contributed by atoms with Crippen molar-refractivity contribution in [3.63, 3.8) is 0 Å². The largest absolute Gasteiger partial charge is 0.368 e. The molecule has 188 valence electrons. The molecule has 0 spiro atoms. The van der Waals surface area contributed by atoms with E-state index in [9.17, 15) is 19.2 Å². The van der Waals surface area contributed by atoms with Gasteiger partial charge in [0.2, 0.25) is 17.7 Å². The number of amides is 3. The van der Waals surface area contributed by atoms with E-state index in [0.717, 1.165) is 29.8 Å². The lowest BCUT2D eigenvalue weighted by molar-refractivity contribution is -0.139. The molecule has 35 heavy (non-hydrogen) atoms. The first-order valence-corrected chi connectivity index (χ1v) is 12.0. The molecule has 0 saturated carbocycles. The van der Waals surface area contributed by atoms with Crippen LogP contribution in [0.3, 0.4) is 0 Å². The predicted molar refractivity (Wildman–Crippen MR) is 132 cm³/mol. The molecule has 2 aromatic rings. The minimum atomic E-state index is -1.09. The van der Waals surface area contributed by atoms with Crippen LogP contribution in [0.25, 0.3) is 11.4 Å².